The number of ketones is 1. The van der Waals surface area contributed by atoms with Gasteiger partial charge in [-0.1, -0.05) is 29.3 Å². The summed E-state index contributed by atoms with van der Waals surface area (Å²) in [4.78, 5) is 11.7. The number of carbonyl (C=O) groups excluding carboxylic acids is 1. The van der Waals surface area contributed by atoms with E-state index in [1.807, 2.05) is 6.07 Å². The lowest BCUT2D eigenvalue weighted by atomic mass is 9.96. The standard InChI is InChI=1S/C12H11Cl2NO2/c1-2-17-7-12(16)9(6-15)8-3-4-10(13)11(14)5-8/h3-5,9H,2,7H2,1H3/t9-/m0/s1. The highest BCUT2D eigenvalue weighted by molar-refractivity contribution is 6.42. The molecule has 0 aliphatic heterocycles. The number of halogens is 2. The molecule has 0 saturated heterocycles. The predicted molar refractivity (Wildman–Crippen MR) is 66.3 cm³/mol. The van der Waals surface area contributed by atoms with Crippen LogP contribution in [0.15, 0.2) is 18.2 Å². The first-order chi connectivity index (χ1) is 8.10. The zero-order valence-corrected chi connectivity index (χ0v) is 10.8. The van der Waals surface area contributed by atoms with Crippen LogP contribution in [0.25, 0.3) is 0 Å². The Morgan fingerprint density at radius 1 is 1.47 bits per heavy atom. The molecule has 0 radical (unpaired) electrons. The number of ether oxygens (including phenoxy) is 1. The Morgan fingerprint density at radius 3 is 2.71 bits per heavy atom. The third kappa shape index (κ3) is 3.71. The molecule has 0 bridgehead atoms. The van der Waals surface area contributed by atoms with E-state index in [1.165, 1.54) is 6.07 Å². The number of hydrogen-bond acceptors (Lipinski definition) is 3. The molecule has 0 heterocycles. The van der Waals surface area contributed by atoms with Gasteiger partial charge in [-0.05, 0) is 24.6 Å². The first-order valence-corrected chi connectivity index (χ1v) is 5.80. The molecule has 3 nitrogen and oxygen atoms in total. The fourth-order valence-corrected chi connectivity index (χ4v) is 1.62. The molecule has 0 unspecified atom stereocenters. The first-order valence-electron chi connectivity index (χ1n) is 5.05. The molecule has 0 aliphatic rings. The summed E-state index contributed by atoms with van der Waals surface area (Å²) in [6.45, 7) is 2.15. The van der Waals surface area contributed by atoms with Gasteiger partial charge < -0.3 is 4.74 Å². The maximum atomic E-state index is 11.7. The van der Waals surface area contributed by atoms with E-state index in [0.29, 0.717) is 22.2 Å². The number of rotatable bonds is 5. The van der Waals surface area contributed by atoms with Crippen molar-refractivity contribution in [3.05, 3.63) is 33.8 Å². The van der Waals surface area contributed by atoms with E-state index in [9.17, 15) is 4.79 Å². The topological polar surface area (TPSA) is 50.1 Å². The number of carbonyl (C=O) groups is 1. The van der Waals surface area contributed by atoms with E-state index in [1.54, 1.807) is 19.1 Å². The Hall–Kier alpha value is -1.08. The zero-order valence-electron chi connectivity index (χ0n) is 9.24. The minimum atomic E-state index is -0.865. The molecule has 1 aromatic carbocycles. The SMILES string of the molecule is CCOCC(=O)[C@@H](C#N)c1ccc(Cl)c(Cl)c1. The van der Waals surface area contributed by atoms with E-state index in [4.69, 9.17) is 33.2 Å². The van der Waals surface area contributed by atoms with Crippen molar-refractivity contribution in [3.63, 3.8) is 0 Å². The van der Waals surface area contributed by atoms with Crippen LogP contribution in [0.5, 0.6) is 0 Å². The summed E-state index contributed by atoms with van der Waals surface area (Å²) in [6, 6.07) is 6.66. The van der Waals surface area contributed by atoms with Crippen LogP contribution in [0.2, 0.25) is 10.0 Å². The molecule has 1 rings (SSSR count). The van der Waals surface area contributed by atoms with E-state index in [2.05, 4.69) is 0 Å². The van der Waals surface area contributed by atoms with E-state index < -0.39 is 5.92 Å². The molecule has 17 heavy (non-hydrogen) atoms. The number of benzene rings is 1. The second-order valence-electron chi connectivity index (χ2n) is 3.34. The van der Waals surface area contributed by atoms with Crippen LogP contribution in [0.4, 0.5) is 0 Å². The monoisotopic (exact) mass is 271 g/mol. The van der Waals surface area contributed by atoms with Gasteiger partial charge in [-0.25, -0.2) is 0 Å². The van der Waals surface area contributed by atoms with Crippen LogP contribution in [-0.4, -0.2) is 19.0 Å². The van der Waals surface area contributed by atoms with Crippen LogP contribution >= 0.6 is 23.2 Å². The number of nitriles is 1. The van der Waals surface area contributed by atoms with Gasteiger partial charge in [0.25, 0.3) is 0 Å². The molecule has 90 valence electrons. The lowest BCUT2D eigenvalue weighted by Crippen LogP contribution is -2.17. The fraction of sp³-hybridized carbons (Fsp3) is 0.333. The molecule has 0 fully saturated rings. The minimum absolute atomic E-state index is 0.0744. The molecule has 0 saturated carbocycles. The van der Waals surface area contributed by atoms with Crippen molar-refractivity contribution in [2.75, 3.05) is 13.2 Å². The zero-order chi connectivity index (χ0) is 12.8. The summed E-state index contributed by atoms with van der Waals surface area (Å²) in [7, 11) is 0. The Bertz CT molecular complexity index is 454. The number of Topliss-reactive ketones (excluding diaryl/α,β-unsaturated/α-hetero) is 1. The summed E-state index contributed by atoms with van der Waals surface area (Å²) >= 11 is 11.6. The number of nitrogens with zero attached hydrogens (tertiary/aromatic N) is 1. The largest absolute Gasteiger partial charge is 0.374 e. The molecule has 0 amide bonds. The van der Waals surface area contributed by atoms with Gasteiger partial charge in [0.05, 0.1) is 16.1 Å². The predicted octanol–water partition coefficient (Wildman–Crippen LogP) is 3.21. The van der Waals surface area contributed by atoms with Crippen molar-refractivity contribution in [1.82, 2.24) is 0 Å². The maximum Gasteiger partial charge on any atom is 0.179 e. The van der Waals surface area contributed by atoms with E-state index in [0.717, 1.165) is 0 Å². The lowest BCUT2D eigenvalue weighted by Gasteiger charge is -2.09. The molecule has 0 aliphatic carbocycles. The summed E-state index contributed by atoms with van der Waals surface area (Å²) in [5.41, 5.74) is 0.534. The minimum Gasteiger partial charge on any atom is -0.374 e. The molecule has 0 spiro atoms. The highest BCUT2D eigenvalue weighted by atomic mass is 35.5. The molecule has 1 aromatic rings. The van der Waals surface area contributed by atoms with Crippen LogP contribution in [0.1, 0.15) is 18.4 Å². The van der Waals surface area contributed by atoms with Gasteiger partial charge in [-0.3, -0.25) is 4.79 Å². The van der Waals surface area contributed by atoms with Crippen LogP contribution in [-0.2, 0) is 9.53 Å². The van der Waals surface area contributed by atoms with Gasteiger partial charge in [0.15, 0.2) is 5.78 Å². The summed E-state index contributed by atoms with van der Waals surface area (Å²) in [6.07, 6.45) is 0. The fourth-order valence-electron chi connectivity index (χ4n) is 1.31. The average molecular weight is 272 g/mol. The normalized spacial score (nSPS) is 11.9. The molecule has 0 aromatic heterocycles. The molecule has 0 N–H and O–H groups in total. The Labute approximate surface area is 110 Å². The molecule has 5 heteroatoms. The average Bonchev–Trinajstić information content (AvgIpc) is 2.32. The van der Waals surface area contributed by atoms with Gasteiger partial charge in [0.2, 0.25) is 0 Å². The van der Waals surface area contributed by atoms with Gasteiger partial charge in [0, 0.05) is 6.61 Å². The summed E-state index contributed by atoms with van der Waals surface area (Å²) in [5, 5.41) is 9.73. The lowest BCUT2D eigenvalue weighted by molar-refractivity contribution is -0.123. The Kier molecular flexibility index (Phi) is 5.43. The van der Waals surface area contributed by atoms with Gasteiger partial charge in [-0.15, -0.1) is 0 Å². The second-order valence-corrected chi connectivity index (χ2v) is 4.15. The van der Waals surface area contributed by atoms with Crippen molar-refractivity contribution in [2.24, 2.45) is 0 Å². The van der Waals surface area contributed by atoms with Crippen molar-refractivity contribution in [1.29, 1.82) is 5.26 Å². The van der Waals surface area contributed by atoms with Gasteiger partial charge in [0.1, 0.15) is 12.5 Å². The molecular formula is C12H11Cl2NO2. The third-order valence-electron chi connectivity index (χ3n) is 2.18. The Morgan fingerprint density at radius 2 is 2.18 bits per heavy atom. The smallest absolute Gasteiger partial charge is 0.179 e. The van der Waals surface area contributed by atoms with Crippen LogP contribution < -0.4 is 0 Å². The quantitative estimate of drug-likeness (QED) is 0.826. The third-order valence-corrected chi connectivity index (χ3v) is 2.92. The van der Waals surface area contributed by atoms with Crippen LogP contribution in [0.3, 0.4) is 0 Å². The summed E-state index contributed by atoms with van der Waals surface area (Å²) in [5.74, 6) is -1.15. The highest BCUT2D eigenvalue weighted by Crippen LogP contribution is 2.26. The number of hydrogen-bond donors (Lipinski definition) is 0. The second kappa shape index (κ2) is 6.61. The molecular weight excluding hydrogens is 261 g/mol. The van der Waals surface area contributed by atoms with Gasteiger partial charge >= 0.3 is 0 Å². The highest BCUT2D eigenvalue weighted by Gasteiger charge is 2.20. The van der Waals surface area contributed by atoms with Crippen molar-refractivity contribution >= 4 is 29.0 Å². The van der Waals surface area contributed by atoms with Crippen molar-refractivity contribution in [2.45, 2.75) is 12.8 Å². The van der Waals surface area contributed by atoms with E-state index in [-0.39, 0.29) is 12.4 Å². The maximum absolute atomic E-state index is 11.7. The Balaban J connectivity index is 2.90. The van der Waals surface area contributed by atoms with Crippen LogP contribution in [0, 0.1) is 11.3 Å². The van der Waals surface area contributed by atoms with E-state index >= 15 is 0 Å². The first kappa shape index (κ1) is 14.0. The van der Waals surface area contributed by atoms with Gasteiger partial charge in [-0.2, -0.15) is 5.26 Å². The van der Waals surface area contributed by atoms with Crippen molar-refractivity contribution < 1.29 is 9.53 Å². The van der Waals surface area contributed by atoms with Crippen molar-refractivity contribution in [3.8, 4) is 6.07 Å². The molecule has 1 atom stereocenters. The summed E-state index contributed by atoms with van der Waals surface area (Å²) < 4.78 is 4.99.